The average molecular weight is 787 g/mol. The number of aliphatic carboxylic acids is 2. The van der Waals surface area contributed by atoms with Gasteiger partial charge in [-0.2, -0.15) is 0 Å². The molecule has 0 aliphatic heterocycles. The first-order valence-electron chi connectivity index (χ1n) is 20.7. The lowest BCUT2D eigenvalue weighted by molar-refractivity contribution is -0.142. The Morgan fingerprint density at radius 3 is 1.46 bits per heavy atom. The maximum atomic E-state index is 12.3. The lowest BCUT2D eigenvalue weighted by Crippen LogP contribution is -2.41. The van der Waals surface area contributed by atoms with Crippen LogP contribution in [0.15, 0.2) is 0 Å². The van der Waals surface area contributed by atoms with E-state index in [4.69, 9.17) is 10.8 Å². The van der Waals surface area contributed by atoms with Crippen LogP contribution in [0.5, 0.6) is 0 Å². The third-order valence-electron chi connectivity index (χ3n) is 9.43. The van der Waals surface area contributed by atoms with E-state index in [-0.39, 0.29) is 49.3 Å². The lowest BCUT2D eigenvalue weighted by atomic mass is 10.0. The van der Waals surface area contributed by atoms with Crippen LogP contribution in [-0.2, 0) is 28.8 Å². The Labute approximate surface area is 330 Å². The number of carbonyl (C=O) groups excluding carboxylic acids is 4. The van der Waals surface area contributed by atoms with Crippen LogP contribution >= 0.6 is 12.8 Å². The van der Waals surface area contributed by atoms with Crippen molar-refractivity contribution in [1.82, 2.24) is 26.0 Å². The number of rotatable bonds is 38. The topological polar surface area (TPSA) is 229 Å². The maximum absolute atomic E-state index is 12.3. The number of nitrogens with one attached hydrogen (secondary N) is 5. The van der Waals surface area contributed by atoms with Crippen molar-refractivity contribution >= 4 is 48.4 Å². The molecule has 0 aromatic heterocycles. The molecule has 54 heavy (non-hydrogen) atoms. The zero-order valence-corrected chi connectivity index (χ0v) is 34.0. The number of amides is 4. The van der Waals surface area contributed by atoms with Gasteiger partial charge in [0.05, 0.1) is 6.04 Å². The predicted molar refractivity (Wildman–Crippen MR) is 216 cm³/mol. The molecule has 4 amide bonds. The lowest BCUT2D eigenvalue weighted by Gasteiger charge is -2.14. The van der Waals surface area contributed by atoms with E-state index in [2.05, 4.69) is 45.7 Å². The molecule has 0 spiro atoms. The van der Waals surface area contributed by atoms with Gasteiger partial charge in [-0.25, -0.2) is 4.79 Å². The van der Waals surface area contributed by atoms with Crippen molar-refractivity contribution in [3.05, 3.63) is 0 Å². The number of nitrogens with two attached hydrogens (primary N) is 1. The summed E-state index contributed by atoms with van der Waals surface area (Å²) in [6, 6.07) is -1.32. The number of thiol groups is 1. The van der Waals surface area contributed by atoms with Crippen molar-refractivity contribution < 1.29 is 39.0 Å². The van der Waals surface area contributed by atoms with Crippen molar-refractivity contribution in [2.75, 3.05) is 19.6 Å². The fraction of sp³-hybridized carbons (Fsp3) is 0.846. The van der Waals surface area contributed by atoms with Gasteiger partial charge in [0.15, 0.2) is 0 Å². The van der Waals surface area contributed by atoms with Crippen LogP contribution in [0.1, 0.15) is 174 Å². The average Bonchev–Trinajstić information content (AvgIpc) is 3.13. The van der Waals surface area contributed by atoms with Crippen molar-refractivity contribution in [1.29, 1.82) is 0 Å². The van der Waals surface area contributed by atoms with E-state index in [9.17, 15) is 33.9 Å². The third kappa shape index (κ3) is 33.6. The van der Waals surface area contributed by atoms with Gasteiger partial charge in [0, 0.05) is 51.4 Å². The van der Waals surface area contributed by atoms with Gasteiger partial charge in [-0.05, 0) is 71.1 Å². The second-order valence-electron chi connectivity index (χ2n) is 14.6. The minimum Gasteiger partial charge on any atom is -0.481 e. The molecule has 0 rings (SSSR count). The summed E-state index contributed by atoms with van der Waals surface area (Å²) in [7, 11) is 0. The van der Waals surface area contributed by atoms with Gasteiger partial charge in [-0.15, -0.1) is 0 Å². The van der Waals surface area contributed by atoms with Gasteiger partial charge < -0.3 is 37.2 Å². The number of carboxylic acid groups (broad SMARTS) is 2. The van der Waals surface area contributed by atoms with Crippen molar-refractivity contribution in [3.63, 3.8) is 0 Å². The molecule has 0 fully saturated rings. The standard InChI is InChI=1S/C39H74N6O8S/c1-31(45-54)21-16-19-30-43-38(51)32(40)22-17-20-29-41-34(46)23-14-12-18-28-42-35(47)27-26-33(39(52)53)44-36(48)24-13-10-8-6-4-2-3-5-7-9-11-15-25-37(49)50/h31-33,45,54H,2-30,40H2,1H3,(H,41,46)(H,42,47)(H,43,51)(H,44,48)(H,49,50)(H,52,53)/t31-,32+,33+/m1/s1. The summed E-state index contributed by atoms with van der Waals surface area (Å²) >= 11 is 4.04. The van der Waals surface area contributed by atoms with E-state index in [0.29, 0.717) is 57.8 Å². The summed E-state index contributed by atoms with van der Waals surface area (Å²) in [6.07, 6.45) is 20.4. The van der Waals surface area contributed by atoms with E-state index in [1.54, 1.807) is 0 Å². The normalized spacial score (nSPS) is 12.7. The fourth-order valence-corrected chi connectivity index (χ4v) is 6.08. The molecule has 0 bridgehead atoms. The Hall–Kier alpha value is -2.91. The van der Waals surface area contributed by atoms with Gasteiger partial charge in [0.1, 0.15) is 6.04 Å². The minimum absolute atomic E-state index is 0.00553. The van der Waals surface area contributed by atoms with Gasteiger partial charge in [-0.3, -0.25) is 28.7 Å². The van der Waals surface area contributed by atoms with E-state index in [0.717, 1.165) is 89.9 Å². The van der Waals surface area contributed by atoms with Gasteiger partial charge in [-0.1, -0.05) is 89.9 Å². The Morgan fingerprint density at radius 1 is 0.519 bits per heavy atom. The number of hydrogen-bond donors (Lipinski definition) is 9. The quantitative estimate of drug-likeness (QED) is 0.0290. The molecular weight excluding hydrogens is 713 g/mol. The summed E-state index contributed by atoms with van der Waals surface area (Å²) in [6.45, 7) is 3.62. The largest absolute Gasteiger partial charge is 0.481 e. The molecule has 0 aliphatic rings. The highest BCUT2D eigenvalue weighted by molar-refractivity contribution is 7.78. The first-order chi connectivity index (χ1) is 26.0. The summed E-state index contributed by atoms with van der Waals surface area (Å²) in [5, 5.41) is 29.3. The van der Waals surface area contributed by atoms with Crippen molar-refractivity contribution in [2.45, 2.75) is 192 Å². The van der Waals surface area contributed by atoms with Crippen LogP contribution in [0.4, 0.5) is 0 Å². The Kier molecular flexibility index (Phi) is 33.8. The molecule has 3 atom stereocenters. The summed E-state index contributed by atoms with van der Waals surface area (Å²) in [5.41, 5.74) is 5.99. The number of carbonyl (C=O) groups is 6. The Morgan fingerprint density at radius 2 is 0.944 bits per heavy atom. The van der Waals surface area contributed by atoms with Crippen LogP contribution in [0.3, 0.4) is 0 Å². The highest BCUT2D eigenvalue weighted by Gasteiger charge is 2.21. The van der Waals surface area contributed by atoms with Gasteiger partial charge in [0.25, 0.3) is 0 Å². The predicted octanol–water partition coefficient (Wildman–Crippen LogP) is 5.28. The van der Waals surface area contributed by atoms with Crippen LogP contribution in [0.2, 0.25) is 0 Å². The van der Waals surface area contributed by atoms with Gasteiger partial charge >= 0.3 is 11.9 Å². The van der Waals surface area contributed by atoms with E-state index >= 15 is 0 Å². The molecule has 0 aromatic carbocycles. The molecule has 314 valence electrons. The Bertz CT molecular complexity index is 1040. The smallest absolute Gasteiger partial charge is 0.326 e. The zero-order valence-electron chi connectivity index (χ0n) is 33.1. The minimum atomic E-state index is -1.16. The monoisotopic (exact) mass is 787 g/mol. The number of hydrogen-bond acceptors (Lipinski definition) is 9. The molecule has 0 heterocycles. The van der Waals surface area contributed by atoms with Crippen LogP contribution < -0.4 is 31.7 Å². The third-order valence-corrected chi connectivity index (χ3v) is 9.87. The molecular formula is C39H74N6O8S. The van der Waals surface area contributed by atoms with E-state index in [1.807, 2.05) is 0 Å². The molecule has 0 saturated heterocycles. The maximum Gasteiger partial charge on any atom is 0.326 e. The molecule has 0 radical (unpaired) electrons. The van der Waals surface area contributed by atoms with Crippen LogP contribution in [0.25, 0.3) is 0 Å². The highest BCUT2D eigenvalue weighted by Crippen LogP contribution is 2.13. The number of carboxylic acids is 2. The summed E-state index contributed by atoms with van der Waals surface area (Å²) in [4.78, 5) is 70.9. The molecule has 14 nitrogen and oxygen atoms in total. The van der Waals surface area contributed by atoms with E-state index in [1.165, 1.54) is 19.3 Å². The molecule has 9 N–H and O–H groups in total. The first-order valence-corrected chi connectivity index (χ1v) is 21.1. The zero-order chi connectivity index (χ0) is 40.2. The van der Waals surface area contributed by atoms with Crippen LogP contribution in [0, 0.1) is 0 Å². The second-order valence-corrected chi connectivity index (χ2v) is 14.8. The number of unbranched alkanes of at least 4 members (excludes halogenated alkanes) is 15. The molecule has 15 heteroatoms. The van der Waals surface area contributed by atoms with Gasteiger partial charge in [0.2, 0.25) is 23.6 Å². The van der Waals surface area contributed by atoms with Crippen LogP contribution in [-0.4, -0.2) is 83.5 Å². The second kappa shape index (κ2) is 35.8. The Balaban J connectivity index is 3.78. The molecule has 0 unspecified atom stereocenters. The van der Waals surface area contributed by atoms with E-state index < -0.39 is 24.0 Å². The molecule has 0 saturated carbocycles. The molecule has 0 aromatic rings. The highest BCUT2D eigenvalue weighted by atomic mass is 32.1. The van der Waals surface area contributed by atoms with Crippen molar-refractivity contribution in [3.8, 4) is 0 Å². The fourth-order valence-electron chi connectivity index (χ4n) is 5.95. The first kappa shape index (κ1) is 51.1. The summed E-state index contributed by atoms with van der Waals surface area (Å²) < 4.78 is 2.89. The SMILES string of the molecule is C[C@H](CCCCNC(=O)[C@@H](N)CCCCNC(=O)CCCCCNC(=O)CC[C@H](NC(=O)CCCCCCCCCCCCCCC(=O)O)C(=O)O)NS. The van der Waals surface area contributed by atoms with Crippen molar-refractivity contribution in [2.24, 2.45) is 5.73 Å². The summed E-state index contributed by atoms with van der Waals surface area (Å²) in [5.74, 6) is -2.64. The molecule has 0 aliphatic carbocycles.